The number of rotatable bonds is 2. The summed E-state index contributed by atoms with van der Waals surface area (Å²) < 4.78 is 24.9. The summed E-state index contributed by atoms with van der Waals surface area (Å²) in [6.45, 7) is -0.551. The van der Waals surface area contributed by atoms with E-state index in [1.54, 1.807) is 0 Å². The number of aliphatic hydroxyl groups excluding tert-OH is 1. The van der Waals surface area contributed by atoms with Crippen molar-refractivity contribution in [3.8, 4) is 0 Å². The second kappa shape index (κ2) is 4.30. The molecule has 0 saturated heterocycles. The number of aromatic nitrogens is 1. The van der Waals surface area contributed by atoms with E-state index in [4.69, 9.17) is 16.7 Å². The fourth-order valence-electron chi connectivity index (χ4n) is 0.856. The van der Waals surface area contributed by atoms with E-state index in [1.165, 1.54) is 6.20 Å². The minimum atomic E-state index is -2.73. The Morgan fingerprint density at radius 2 is 2.23 bits per heavy atom. The summed E-state index contributed by atoms with van der Waals surface area (Å²) in [7, 11) is 0. The molecule has 1 aromatic heterocycles. The molecule has 0 unspecified atom stereocenters. The Hall–Kier alpha value is -0.260. The Kier molecular flexibility index (Phi) is 3.58. The molecule has 0 amide bonds. The van der Waals surface area contributed by atoms with Crippen molar-refractivity contribution in [2.24, 2.45) is 0 Å². The van der Waals surface area contributed by atoms with Gasteiger partial charge in [0.05, 0.1) is 16.1 Å². The van der Waals surface area contributed by atoms with Crippen LogP contribution in [0.2, 0.25) is 5.02 Å². The van der Waals surface area contributed by atoms with Crippen LogP contribution in [-0.4, -0.2) is 10.1 Å². The van der Waals surface area contributed by atoms with Gasteiger partial charge in [0.1, 0.15) is 5.69 Å². The Morgan fingerprint density at radius 3 is 2.69 bits per heavy atom. The van der Waals surface area contributed by atoms with Crippen LogP contribution >= 0.6 is 27.5 Å². The van der Waals surface area contributed by atoms with Gasteiger partial charge < -0.3 is 5.11 Å². The third-order valence-corrected chi connectivity index (χ3v) is 2.73. The zero-order valence-electron chi connectivity index (χ0n) is 6.27. The van der Waals surface area contributed by atoms with Gasteiger partial charge in [-0.25, -0.2) is 8.78 Å². The molecule has 0 aromatic carbocycles. The lowest BCUT2D eigenvalue weighted by molar-refractivity contribution is 0.141. The lowest BCUT2D eigenvalue weighted by atomic mass is 10.2. The second-order valence-electron chi connectivity index (χ2n) is 2.24. The van der Waals surface area contributed by atoms with Crippen molar-refractivity contribution in [2.45, 2.75) is 13.0 Å². The minimum Gasteiger partial charge on any atom is -0.392 e. The standard InChI is InChI=1S/C7H5BrClF2NO/c8-4-1-12-6(7(10)11)3(2-13)5(4)9/h1,7,13H,2H2. The fraction of sp³-hybridized carbons (Fsp3) is 0.286. The molecule has 0 fully saturated rings. The van der Waals surface area contributed by atoms with E-state index in [0.29, 0.717) is 4.47 Å². The molecule has 0 aliphatic rings. The first-order valence-electron chi connectivity index (χ1n) is 3.29. The molecule has 0 bridgehead atoms. The van der Waals surface area contributed by atoms with Crippen molar-refractivity contribution in [2.75, 3.05) is 0 Å². The number of nitrogens with zero attached hydrogens (tertiary/aromatic N) is 1. The van der Waals surface area contributed by atoms with Crippen molar-refractivity contribution >= 4 is 27.5 Å². The zero-order chi connectivity index (χ0) is 10.0. The highest BCUT2D eigenvalue weighted by Gasteiger charge is 2.18. The van der Waals surface area contributed by atoms with Gasteiger partial charge in [-0.05, 0) is 15.9 Å². The predicted molar refractivity (Wildman–Crippen MR) is 47.8 cm³/mol. The maximum Gasteiger partial charge on any atom is 0.280 e. The molecule has 13 heavy (non-hydrogen) atoms. The summed E-state index contributed by atoms with van der Waals surface area (Å²) in [6.07, 6.45) is -1.55. The van der Waals surface area contributed by atoms with Gasteiger partial charge in [0, 0.05) is 11.8 Å². The van der Waals surface area contributed by atoms with Gasteiger partial charge in [-0.2, -0.15) is 0 Å². The smallest absolute Gasteiger partial charge is 0.280 e. The Labute approximate surface area is 86.7 Å². The monoisotopic (exact) mass is 271 g/mol. The third-order valence-electron chi connectivity index (χ3n) is 1.47. The fourth-order valence-corrected chi connectivity index (χ4v) is 1.40. The van der Waals surface area contributed by atoms with Gasteiger partial charge >= 0.3 is 0 Å². The summed E-state index contributed by atoms with van der Waals surface area (Å²) in [5.74, 6) is 0. The Balaban J connectivity index is 3.30. The number of alkyl halides is 2. The van der Waals surface area contributed by atoms with E-state index in [2.05, 4.69) is 20.9 Å². The molecule has 6 heteroatoms. The van der Waals surface area contributed by atoms with E-state index in [-0.39, 0.29) is 10.6 Å². The molecular weight excluding hydrogens is 267 g/mol. The minimum absolute atomic E-state index is 0.0361. The van der Waals surface area contributed by atoms with E-state index < -0.39 is 18.7 Å². The summed E-state index contributed by atoms with van der Waals surface area (Å²) in [4.78, 5) is 3.47. The average molecular weight is 272 g/mol. The highest BCUT2D eigenvalue weighted by molar-refractivity contribution is 9.10. The highest BCUT2D eigenvalue weighted by atomic mass is 79.9. The normalized spacial score (nSPS) is 10.9. The second-order valence-corrected chi connectivity index (χ2v) is 3.48. The first-order chi connectivity index (χ1) is 6.07. The van der Waals surface area contributed by atoms with Crippen LogP contribution in [0, 0.1) is 0 Å². The van der Waals surface area contributed by atoms with Crippen LogP contribution < -0.4 is 0 Å². The van der Waals surface area contributed by atoms with Crippen LogP contribution in [0.4, 0.5) is 8.78 Å². The largest absolute Gasteiger partial charge is 0.392 e. The maximum atomic E-state index is 12.3. The molecule has 2 nitrogen and oxygen atoms in total. The van der Waals surface area contributed by atoms with Crippen LogP contribution in [0.15, 0.2) is 10.7 Å². The molecule has 1 N–H and O–H groups in total. The van der Waals surface area contributed by atoms with Crippen molar-refractivity contribution in [1.82, 2.24) is 4.98 Å². The molecule has 0 saturated carbocycles. The van der Waals surface area contributed by atoms with E-state index >= 15 is 0 Å². The Bertz CT molecular complexity index is 322. The van der Waals surface area contributed by atoms with Crippen LogP contribution in [0.5, 0.6) is 0 Å². The predicted octanol–water partition coefficient (Wildman–Crippen LogP) is 2.93. The molecule has 72 valence electrons. The molecule has 0 radical (unpaired) electrons. The SMILES string of the molecule is OCc1c(C(F)F)ncc(Br)c1Cl. The molecular formula is C7H5BrClF2NO. The van der Waals surface area contributed by atoms with E-state index in [0.717, 1.165) is 0 Å². The highest BCUT2D eigenvalue weighted by Crippen LogP contribution is 2.31. The number of aliphatic hydroxyl groups is 1. The number of hydrogen-bond donors (Lipinski definition) is 1. The summed E-state index contributed by atoms with van der Waals surface area (Å²) >= 11 is 8.68. The quantitative estimate of drug-likeness (QED) is 0.898. The van der Waals surface area contributed by atoms with Crippen molar-refractivity contribution in [3.63, 3.8) is 0 Å². The van der Waals surface area contributed by atoms with Gasteiger partial charge in [0.2, 0.25) is 0 Å². The molecule has 0 aliphatic heterocycles. The molecule has 1 heterocycles. The maximum absolute atomic E-state index is 12.3. The van der Waals surface area contributed by atoms with Gasteiger partial charge in [-0.15, -0.1) is 0 Å². The van der Waals surface area contributed by atoms with Gasteiger partial charge in [0.15, 0.2) is 0 Å². The van der Waals surface area contributed by atoms with Crippen molar-refractivity contribution in [1.29, 1.82) is 0 Å². The number of hydrogen-bond acceptors (Lipinski definition) is 2. The average Bonchev–Trinajstić information content (AvgIpc) is 2.09. The molecule has 0 spiro atoms. The molecule has 1 rings (SSSR count). The summed E-state index contributed by atoms with van der Waals surface area (Å²) in [6, 6.07) is 0. The topological polar surface area (TPSA) is 33.1 Å². The van der Waals surface area contributed by atoms with Crippen molar-refractivity contribution < 1.29 is 13.9 Å². The molecule has 1 aromatic rings. The van der Waals surface area contributed by atoms with Crippen molar-refractivity contribution in [3.05, 3.63) is 26.9 Å². The lowest BCUT2D eigenvalue weighted by Gasteiger charge is -2.08. The Morgan fingerprint density at radius 1 is 1.62 bits per heavy atom. The lowest BCUT2D eigenvalue weighted by Crippen LogP contribution is -1.99. The van der Waals surface area contributed by atoms with Gasteiger partial charge in [-0.3, -0.25) is 4.98 Å². The van der Waals surface area contributed by atoms with Crippen LogP contribution in [0.1, 0.15) is 17.7 Å². The van der Waals surface area contributed by atoms with Gasteiger partial charge in [-0.1, -0.05) is 11.6 Å². The van der Waals surface area contributed by atoms with Gasteiger partial charge in [0.25, 0.3) is 6.43 Å². The zero-order valence-corrected chi connectivity index (χ0v) is 8.61. The molecule has 0 aliphatic carbocycles. The number of halogens is 4. The van der Waals surface area contributed by atoms with Crippen LogP contribution in [0.25, 0.3) is 0 Å². The van der Waals surface area contributed by atoms with E-state index in [1.807, 2.05) is 0 Å². The van der Waals surface area contributed by atoms with E-state index in [9.17, 15) is 8.78 Å². The summed E-state index contributed by atoms with van der Waals surface area (Å²) in [5, 5.41) is 8.87. The first kappa shape index (κ1) is 10.8. The van der Waals surface area contributed by atoms with Crippen LogP contribution in [-0.2, 0) is 6.61 Å². The molecule has 0 atom stereocenters. The first-order valence-corrected chi connectivity index (χ1v) is 4.46. The summed E-state index contributed by atoms with van der Waals surface area (Å²) in [5.41, 5.74) is -0.512. The number of pyridine rings is 1. The third kappa shape index (κ3) is 2.15. The van der Waals surface area contributed by atoms with Crippen LogP contribution in [0.3, 0.4) is 0 Å².